The first-order valence-electron chi connectivity index (χ1n) is 5.54. The Hall–Kier alpha value is -2.03. The highest BCUT2D eigenvalue weighted by Crippen LogP contribution is 2.17. The van der Waals surface area contributed by atoms with E-state index in [1.54, 1.807) is 24.3 Å². The van der Waals surface area contributed by atoms with E-state index in [-0.39, 0.29) is 5.75 Å². The molecule has 1 N–H and O–H groups in total. The molecule has 0 aliphatic rings. The Bertz CT molecular complexity index is 550. The number of aryl methyl sites for hydroxylation is 1. The van der Waals surface area contributed by atoms with Crippen LogP contribution in [0.5, 0.6) is 5.75 Å². The van der Waals surface area contributed by atoms with Gasteiger partial charge in [0, 0.05) is 30.2 Å². The third kappa shape index (κ3) is 2.38. The molecule has 0 aliphatic carbocycles. The number of rotatable bonds is 2. The second-order valence-electron chi connectivity index (χ2n) is 4.16. The number of aliphatic imine (C=N–C) groups is 1. The van der Waals surface area contributed by atoms with E-state index in [2.05, 4.69) is 29.5 Å². The maximum Gasteiger partial charge on any atom is 0.115 e. The molecule has 0 saturated carbocycles. The molecular weight excluding hydrogens is 212 g/mol. The zero-order valence-corrected chi connectivity index (χ0v) is 10.3. The topological polar surface area (TPSA) is 37.5 Å². The van der Waals surface area contributed by atoms with Crippen LogP contribution < -0.4 is 0 Å². The molecule has 0 spiro atoms. The molecule has 0 amide bonds. The van der Waals surface area contributed by atoms with Gasteiger partial charge in [-0.05, 0) is 44.2 Å². The Morgan fingerprint density at radius 2 is 1.82 bits per heavy atom. The van der Waals surface area contributed by atoms with Crippen molar-refractivity contribution in [1.29, 1.82) is 0 Å². The number of hydrogen-bond donors (Lipinski definition) is 1. The number of aromatic hydroxyl groups is 1. The lowest BCUT2D eigenvalue weighted by Gasteiger charge is -1.98. The van der Waals surface area contributed by atoms with Crippen LogP contribution in [0.15, 0.2) is 35.3 Å². The van der Waals surface area contributed by atoms with Gasteiger partial charge in [-0.2, -0.15) is 0 Å². The monoisotopic (exact) mass is 228 g/mol. The molecule has 1 aromatic carbocycles. The minimum absolute atomic E-state index is 0.260. The Morgan fingerprint density at radius 3 is 2.35 bits per heavy atom. The molecule has 17 heavy (non-hydrogen) atoms. The molecule has 0 saturated heterocycles. The molecule has 2 rings (SSSR count). The van der Waals surface area contributed by atoms with Crippen LogP contribution in [-0.4, -0.2) is 15.9 Å². The summed E-state index contributed by atoms with van der Waals surface area (Å²) in [7, 11) is 2.04. The van der Waals surface area contributed by atoms with E-state index in [0.717, 1.165) is 11.3 Å². The molecule has 0 fully saturated rings. The number of benzene rings is 1. The second kappa shape index (κ2) is 4.45. The molecule has 1 aromatic heterocycles. The van der Waals surface area contributed by atoms with Crippen LogP contribution in [0.3, 0.4) is 0 Å². The zero-order valence-electron chi connectivity index (χ0n) is 10.3. The van der Waals surface area contributed by atoms with Crippen LogP contribution in [0.1, 0.15) is 17.0 Å². The molecule has 2 aromatic rings. The SMILES string of the molecule is Cc1cc(C=Nc2ccc(O)cc2)c(C)n1C. The lowest BCUT2D eigenvalue weighted by molar-refractivity contribution is 0.475. The average Bonchev–Trinajstić information content (AvgIpc) is 2.56. The number of nitrogens with zero attached hydrogens (tertiary/aromatic N) is 2. The van der Waals surface area contributed by atoms with E-state index in [4.69, 9.17) is 0 Å². The van der Waals surface area contributed by atoms with Crippen molar-refractivity contribution < 1.29 is 5.11 Å². The minimum Gasteiger partial charge on any atom is -0.508 e. The largest absolute Gasteiger partial charge is 0.508 e. The third-order valence-electron chi connectivity index (χ3n) is 3.02. The van der Waals surface area contributed by atoms with Gasteiger partial charge < -0.3 is 9.67 Å². The van der Waals surface area contributed by atoms with Gasteiger partial charge in [0.2, 0.25) is 0 Å². The Morgan fingerprint density at radius 1 is 1.18 bits per heavy atom. The lowest BCUT2D eigenvalue weighted by atomic mass is 10.2. The number of phenolic OH excluding ortho intramolecular Hbond substituents is 1. The molecule has 0 bridgehead atoms. The number of phenols is 1. The van der Waals surface area contributed by atoms with Crippen molar-refractivity contribution in [3.05, 3.63) is 47.3 Å². The molecule has 3 nitrogen and oxygen atoms in total. The van der Waals surface area contributed by atoms with Crippen molar-refractivity contribution in [3.63, 3.8) is 0 Å². The first-order valence-corrected chi connectivity index (χ1v) is 5.54. The van der Waals surface area contributed by atoms with Crippen LogP contribution >= 0.6 is 0 Å². The quantitative estimate of drug-likeness (QED) is 0.788. The van der Waals surface area contributed by atoms with Crippen molar-refractivity contribution in [2.75, 3.05) is 0 Å². The fraction of sp³-hybridized carbons (Fsp3) is 0.214. The van der Waals surface area contributed by atoms with Gasteiger partial charge >= 0.3 is 0 Å². The fourth-order valence-corrected chi connectivity index (χ4v) is 1.70. The van der Waals surface area contributed by atoms with Gasteiger partial charge in [0.15, 0.2) is 0 Å². The fourth-order valence-electron chi connectivity index (χ4n) is 1.70. The van der Waals surface area contributed by atoms with Gasteiger partial charge in [-0.25, -0.2) is 0 Å². The van der Waals surface area contributed by atoms with Crippen molar-refractivity contribution in [3.8, 4) is 5.75 Å². The lowest BCUT2D eigenvalue weighted by Crippen LogP contribution is -1.93. The number of aromatic nitrogens is 1. The summed E-state index contributed by atoms with van der Waals surface area (Å²) in [5, 5.41) is 9.17. The Kier molecular flexibility index (Phi) is 3.00. The summed E-state index contributed by atoms with van der Waals surface area (Å²) in [5.74, 6) is 0.260. The maximum atomic E-state index is 9.17. The van der Waals surface area contributed by atoms with E-state index in [1.165, 1.54) is 11.4 Å². The van der Waals surface area contributed by atoms with Gasteiger partial charge in [0.05, 0.1) is 5.69 Å². The Labute approximate surface area is 101 Å². The van der Waals surface area contributed by atoms with E-state index in [9.17, 15) is 5.11 Å². The second-order valence-corrected chi connectivity index (χ2v) is 4.16. The molecular formula is C14H16N2O. The average molecular weight is 228 g/mol. The summed E-state index contributed by atoms with van der Waals surface area (Å²) in [6, 6.07) is 8.96. The predicted molar refractivity (Wildman–Crippen MR) is 70.2 cm³/mol. The first-order chi connectivity index (χ1) is 8.08. The van der Waals surface area contributed by atoms with Gasteiger partial charge in [0.1, 0.15) is 5.75 Å². The van der Waals surface area contributed by atoms with Crippen molar-refractivity contribution in [2.45, 2.75) is 13.8 Å². The smallest absolute Gasteiger partial charge is 0.115 e. The van der Waals surface area contributed by atoms with Crippen LogP contribution in [0.4, 0.5) is 5.69 Å². The normalized spacial score (nSPS) is 11.2. The van der Waals surface area contributed by atoms with Crippen LogP contribution in [0.25, 0.3) is 0 Å². The zero-order chi connectivity index (χ0) is 12.4. The van der Waals surface area contributed by atoms with Gasteiger partial charge in [-0.1, -0.05) is 0 Å². The van der Waals surface area contributed by atoms with Crippen LogP contribution in [0.2, 0.25) is 0 Å². The van der Waals surface area contributed by atoms with Gasteiger partial charge in [0.25, 0.3) is 0 Å². The summed E-state index contributed by atoms with van der Waals surface area (Å²) < 4.78 is 2.14. The molecule has 0 unspecified atom stereocenters. The summed E-state index contributed by atoms with van der Waals surface area (Å²) in [6.07, 6.45) is 1.86. The van der Waals surface area contributed by atoms with Crippen LogP contribution in [-0.2, 0) is 7.05 Å². The standard InChI is InChI=1S/C14H16N2O/c1-10-8-12(11(2)16(10)3)9-15-13-4-6-14(17)7-5-13/h4-9,17H,1-3H3. The molecule has 88 valence electrons. The summed E-state index contributed by atoms with van der Waals surface area (Å²) in [4.78, 5) is 4.38. The van der Waals surface area contributed by atoms with Gasteiger partial charge in [-0.3, -0.25) is 4.99 Å². The summed E-state index contributed by atoms with van der Waals surface area (Å²) in [6.45, 7) is 4.15. The summed E-state index contributed by atoms with van der Waals surface area (Å²) >= 11 is 0. The highest BCUT2D eigenvalue weighted by molar-refractivity contribution is 5.83. The first kappa shape index (κ1) is 11.5. The predicted octanol–water partition coefficient (Wildman–Crippen LogP) is 3.10. The molecule has 0 radical (unpaired) electrons. The highest BCUT2D eigenvalue weighted by Gasteiger charge is 2.02. The van der Waals surface area contributed by atoms with E-state index in [1.807, 2.05) is 13.3 Å². The number of hydrogen-bond acceptors (Lipinski definition) is 2. The summed E-state index contributed by atoms with van der Waals surface area (Å²) in [5.41, 5.74) is 4.38. The molecule has 3 heteroatoms. The van der Waals surface area contributed by atoms with E-state index in [0.29, 0.717) is 0 Å². The third-order valence-corrected chi connectivity index (χ3v) is 3.02. The molecule has 0 atom stereocenters. The van der Waals surface area contributed by atoms with E-state index < -0.39 is 0 Å². The maximum absolute atomic E-state index is 9.17. The van der Waals surface area contributed by atoms with Crippen molar-refractivity contribution >= 4 is 11.9 Å². The Balaban J connectivity index is 2.26. The van der Waals surface area contributed by atoms with Crippen molar-refractivity contribution in [2.24, 2.45) is 12.0 Å². The molecule has 1 heterocycles. The minimum atomic E-state index is 0.260. The van der Waals surface area contributed by atoms with Crippen molar-refractivity contribution in [1.82, 2.24) is 4.57 Å². The molecule has 0 aliphatic heterocycles. The van der Waals surface area contributed by atoms with Crippen LogP contribution in [0, 0.1) is 13.8 Å². The van der Waals surface area contributed by atoms with Gasteiger partial charge in [-0.15, -0.1) is 0 Å². The highest BCUT2D eigenvalue weighted by atomic mass is 16.3. The van der Waals surface area contributed by atoms with E-state index >= 15 is 0 Å².